The van der Waals surface area contributed by atoms with Gasteiger partial charge in [-0.15, -0.1) is 0 Å². The van der Waals surface area contributed by atoms with E-state index in [1.165, 1.54) is 0 Å². The third-order valence-electron chi connectivity index (χ3n) is 2.48. The van der Waals surface area contributed by atoms with Crippen molar-refractivity contribution in [2.24, 2.45) is 0 Å². The molecule has 1 rings (SSSR count). The molecular formula is C12H17F2NO2S. The first-order valence-electron chi connectivity index (χ1n) is 5.73. The van der Waals surface area contributed by atoms with Crippen molar-refractivity contribution in [2.75, 3.05) is 24.6 Å². The molecule has 0 bridgehead atoms. The van der Waals surface area contributed by atoms with Crippen LogP contribution in [-0.4, -0.2) is 33.9 Å². The van der Waals surface area contributed by atoms with Gasteiger partial charge >= 0.3 is 0 Å². The van der Waals surface area contributed by atoms with Crippen molar-refractivity contribution in [2.45, 2.75) is 13.0 Å². The molecule has 102 valence electrons. The summed E-state index contributed by atoms with van der Waals surface area (Å²) in [6, 6.07) is 2.97. The Labute approximate surface area is 108 Å². The SMILES string of the molecule is CCS(=O)CCNCC(O)c1cc(F)ccc1F. The Morgan fingerprint density at radius 2 is 2.17 bits per heavy atom. The average Bonchev–Trinajstić information content (AvgIpc) is 2.36. The van der Waals surface area contributed by atoms with Crippen LogP contribution in [0.3, 0.4) is 0 Å². The highest BCUT2D eigenvalue weighted by Gasteiger charge is 2.13. The Bertz CT molecular complexity index is 415. The molecule has 0 saturated carbocycles. The smallest absolute Gasteiger partial charge is 0.129 e. The van der Waals surface area contributed by atoms with Crippen LogP contribution < -0.4 is 5.32 Å². The molecule has 0 aromatic heterocycles. The molecule has 0 aliphatic heterocycles. The monoisotopic (exact) mass is 277 g/mol. The average molecular weight is 277 g/mol. The molecule has 0 aliphatic rings. The lowest BCUT2D eigenvalue weighted by Gasteiger charge is -2.13. The van der Waals surface area contributed by atoms with E-state index in [2.05, 4.69) is 5.32 Å². The number of nitrogens with one attached hydrogen (secondary N) is 1. The van der Waals surface area contributed by atoms with Gasteiger partial charge in [-0.1, -0.05) is 6.92 Å². The summed E-state index contributed by atoms with van der Waals surface area (Å²) in [6.07, 6.45) is -1.12. The number of aliphatic hydroxyl groups excluding tert-OH is 1. The molecule has 1 aromatic rings. The zero-order valence-corrected chi connectivity index (χ0v) is 11.0. The number of hydrogen-bond donors (Lipinski definition) is 2. The minimum atomic E-state index is -1.12. The van der Waals surface area contributed by atoms with Crippen molar-refractivity contribution in [3.8, 4) is 0 Å². The number of benzene rings is 1. The van der Waals surface area contributed by atoms with Gasteiger partial charge < -0.3 is 10.4 Å². The lowest BCUT2D eigenvalue weighted by atomic mass is 10.1. The van der Waals surface area contributed by atoms with Gasteiger partial charge in [-0.3, -0.25) is 4.21 Å². The second-order valence-electron chi connectivity index (χ2n) is 3.82. The Morgan fingerprint density at radius 1 is 1.44 bits per heavy atom. The summed E-state index contributed by atoms with van der Waals surface area (Å²) < 4.78 is 37.3. The Balaban J connectivity index is 2.43. The highest BCUT2D eigenvalue weighted by atomic mass is 32.2. The van der Waals surface area contributed by atoms with Crippen molar-refractivity contribution < 1.29 is 18.1 Å². The molecule has 0 saturated heterocycles. The fraction of sp³-hybridized carbons (Fsp3) is 0.500. The van der Waals surface area contributed by atoms with E-state index in [1.807, 2.05) is 6.92 Å². The molecule has 2 N–H and O–H groups in total. The van der Waals surface area contributed by atoms with Gasteiger partial charge in [0.1, 0.15) is 11.6 Å². The maximum absolute atomic E-state index is 13.3. The first-order chi connectivity index (χ1) is 8.54. The van der Waals surface area contributed by atoms with Crippen LogP contribution in [0, 0.1) is 11.6 Å². The second-order valence-corrected chi connectivity index (χ2v) is 5.68. The van der Waals surface area contributed by atoms with Gasteiger partial charge in [0.05, 0.1) is 6.10 Å². The van der Waals surface area contributed by atoms with Crippen molar-refractivity contribution in [3.63, 3.8) is 0 Å². The molecule has 18 heavy (non-hydrogen) atoms. The topological polar surface area (TPSA) is 49.3 Å². The quantitative estimate of drug-likeness (QED) is 0.740. The van der Waals surface area contributed by atoms with E-state index in [0.717, 1.165) is 18.2 Å². The molecule has 0 spiro atoms. The summed E-state index contributed by atoms with van der Waals surface area (Å²) in [5.41, 5.74) is -0.0703. The van der Waals surface area contributed by atoms with Crippen LogP contribution in [0.25, 0.3) is 0 Å². The Kier molecular flexibility index (Phi) is 6.38. The predicted octanol–water partition coefficient (Wildman–Crippen LogP) is 1.36. The largest absolute Gasteiger partial charge is 0.387 e. The molecule has 0 radical (unpaired) electrons. The highest BCUT2D eigenvalue weighted by Crippen LogP contribution is 2.17. The number of rotatable bonds is 7. The highest BCUT2D eigenvalue weighted by molar-refractivity contribution is 7.84. The summed E-state index contributed by atoms with van der Waals surface area (Å²) in [5.74, 6) is -0.155. The molecule has 2 unspecified atom stereocenters. The van der Waals surface area contributed by atoms with Crippen LogP contribution in [0.2, 0.25) is 0 Å². The molecule has 3 nitrogen and oxygen atoms in total. The molecule has 6 heteroatoms. The number of hydrogen-bond acceptors (Lipinski definition) is 3. The molecule has 0 heterocycles. The summed E-state index contributed by atoms with van der Waals surface area (Å²) in [5, 5.41) is 12.6. The zero-order valence-electron chi connectivity index (χ0n) is 10.2. The third-order valence-corrected chi connectivity index (χ3v) is 3.79. The molecule has 0 aliphatic carbocycles. The molecule has 0 fully saturated rings. The van der Waals surface area contributed by atoms with E-state index >= 15 is 0 Å². The van der Waals surface area contributed by atoms with Crippen molar-refractivity contribution in [1.82, 2.24) is 5.32 Å². The van der Waals surface area contributed by atoms with Gasteiger partial charge in [-0.05, 0) is 18.2 Å². The summed E-state index contributed by atoms with van der Waals surface area (Å²) in [7, 11) is -0.872. The molecule has 1 aromatic carbocycles. The van der Waals surface area contributed by atoms with Gasteiger partial charge in [-0.25, -0.2) is 8.78 Å². The molecule has 2 atom stereocenters. The minimum absolute atomic E-state index is 0.0703. The van der Waals surface area contributed by atoms with Crippen molar-refractivity contribution in [1.29, 1.82) is 0 Å². The number of halogens is 2. The Hall–Kier alpha value is -0.850. The van der Waals surface area contributed by atoms with Crippen LogP contribution in [0.4, 0.5) is 8.78 Å². The lowest BCUT2D eigenvalue weighted by Crippen LogP contribution is -2.26. The van der Waals surface area contributed by atoms with Crippen LogP contribution in [0.5, 0.6) is 0 Å². The van der Waals surface area contributed by atoms with Gasteiger partial charge in [0.2, 0.25) is 0 Å². The van der Waals surface area contributed by atoms with Gasteiger partial charge in [0, 0.05) is 41.0 Å². The molecular weight excluding hydrogens is 260 g/mol. The summed E-state index contributed by atoms with van der Waals surface area (Å²) in [4.78, 5) is 0. The van der Waals surface area contributed by atoms with Gasteiger partial charge in [-0.2, -0.15) is 0 Å². The minimum Gasteiger partial charge on any atom is -0.387 e. The number of aliphatic hydroxyl groups is 1. The second kappa shape index (κ2) is 7.56. The van der Waals surface area contributed by atoms with E-state index < -0.39 is 28.5 Å². The maximum atomic E-state index is 13.3. The Morgan fingerprint density at radius 3 is 2.83 bits per heavy atom. The van der Waals surface area contributed by atoms with E-state index in [1.54, 1.807) is 0 Å². The van der Waals surface area contributed by atoms with Gasteiger partial charge in [0.25, 0.3) is 0 Å². The predicted molar refractivity (Wildman–Crippen MR) is 67.7 cm³/mol. The third kappa shape index (κ3) is 4.80. The fourth-order valence-corrected chi connectivity index (χ4v) is 2.11. The van der Waals surface area contributed by atoms with Crippen LogP contribution >= 0.6 is 0 Å². The lowest BCUT2D eigenvalue weighted by molar-refractivity contribution is 0.170. The van der Waals surface area contributed by atoms with Crippen LogP contribution in [0.1, 0.15) is 18.6 Å². The maximum Gasteiger partial charge on any atom is 0.129 e. The standard InChI is InChI=1S/C12H17F2NO2S/c1-2-18(17)6-5-15-8-12(16)10-7-9(13)3-4-11(10)14/h3-4,7,12,15-16H,2,5-6,8H2,1H3. The van der Waals surface area contributed by atoms with Gasteiger partial charge in [0.15, 0.2) is 0 Å². The van der Waals surface area contributed by atoms with E-state index in [4.69, 9.17) is 0 Å². The van der Waals surface area contributed by atoms with Crippen molar-refractivity contribution in [3.05, 3.63) is 35.4 Å². The van der Waals surface area contributed by atoms with Crippen molar-refractivity contribution >= 4 is 10.8 Å². The first kappa shape index (κ1) is 15.2. The first-order valence-corrected chi connectivity index (χ1v) is 7.22. The molecule has 0 amide bonds. The normalized spacial score (nSPS) is 14.4. The summed E-state index contributed by atoms with van der Waals surface area (Å²) >= 11 is 0. The van der Waals surface area contributed by atoms with E-state index in [-0.39, 0.29) is 12.1 Å². The summed E-state index contributed by atoms with van der Waals surface area (Å²) in [6.45, 7) is 2.39. The van der Waals surface area contributed by atoms with Crippen LogP contribution in [0.15, 0.2) is 18.2 Å². The van der Waals surface area contributed by atoms with E-state index in [0.29, 0.717) is 18.1 Å². The fourth-order valence-electron chi connectivity index (χ4n) is 1.45. The van der Waals surface area contributed by atoms with Crippen LogP contribution in [-0.2, 0) is 10.8 Å². The zero-order chi connectivity index (χ0) is 13.5. The van der Waals surface area contributed by atoms with E-state index in [9.17, 15) is 18.1 Å².